The van der Waals surface area contributed by atoms with Crippen LogP contribution in [0.1, 0.15) is 17.5 Å². The number of nitrogens with one attached hydrogen (secondary N) is 1. The number of carbonyl (C=O) groups is 2. The Bertz CT molecular complexity index is 890. The molecule has 0 radical (unpaired) electrons. The van der Waals surface area contributed by atoms with E-state index in [9.17, 15) is 9.59 Å². The maximum atomic E-state index is 12.7. The van der Waals surface area contributed by atoms with E-state index in [-0.39, 0.29) is 18.2 Å². The number of amides is 2. The first-order valence-corrected chi connectivity index (χ1v) is 9.39. The van der Waals surface area contributed by atoms with Crippen molar-refractivity contribution in [2.75, 3.05) is 32.8 Å². The lowest BCUT2D eigenvalue weighted by Crippen LogP contribution is -2.32. The van der Waals surface area contributed by atoms with E-state index in [1.54, 1.807) is 32.3 Å². The summed E-state index contributed by atoms with van der Waals surface area (Å²) in [6, 6.07) is 11.1. The standard InChI is InChI=1S/C22H26N2O5/c1-14-5-6-20(29-4)19(7-14)24-13-16(10-21(24)25)22(26)23-12-15-8-17(27-2)11-18(9-15)28-3/h5-9,11,16H,10,12-13H2,1-4H3,(H,23,26). The number of carbonyl (C=O) groups excluding carboxylic acids is 2. The Kier molecular flexibility index (Phi) is 6.26. The normalized spacial score (nSPS) is 15.9. The lowest BCUT2D eigenvalue weighted by atomic mass is 10.1. The van der Waals surface area contributed by atoms with Crippen LogP contribution in [0.3, 0.4) is 0 Å². The predicted octanol–water partition coefficient (Wildman–Crippen LogP) is 2.69. The van der Waals surface area contributed by atoms with Crippen LogP contribution in [0.25, 0.3) is 0 Å². The number of rotatable bonds is 7. The second-order valence-electron chi connectivity index (χ2n) is 7.02. The van der Waals surface area contributed by atoms with Crippen LogP contribution in [-0.4, -0.2) is 39.7 Å². The van der Waals surface area contributed by atoms with E-state index in [4.69, 9.17) is 14.2 Å². The Labute approximate surface area is 170 Å². The zero-order chi connectivity index (χ0) is 21.0. The van der Waals surface area contributed by atoms with E-state index >= 15 is 0 Å². The molecule has 7 nitrogen and oxygen atoms in total. The molecule has 0 bridgehead atoms. The van der Waals surface area contributed by atoms with Gasteiger partial charge in [0.1, 0.15) is 17.2 Å². The van der Waals surface area contributed by atoms with Gasteiger partial charge in [0.25, 0.3) is 0 Å². The summed E-state index contributed by atoms with van der Waals surface area (Å²) in [4.78, 5) is 26.9. The molecule has 1 aliphatic heterocycles. The Morgan fingerprint density at radius 2 is 1.76 bits per heavy atom. The molecule has 0 aromatic heterocycles. The first-order valence-electron chi connectivity index (χ1n) is 9.39. The molecule has 1 atom stereocenters. The van der Waals surface area contributed by atoms with Crippen molar-refractivity contribution < 1.29 is 23.8 Å². The van der Waals surface area contributed by atoms with E-state index in [2.05, 4.69) is 5.32 Å². The van der Waals surface area contributed by atoms with Gasteiger partial charge in [-0.2, -0.15) is 0 Å². The molecular weight excluding hydrogens is 372 g/mol. The molecule has 154 valence electrons. The Hall–Kier alpha value is -3.22. The fourth-order valence-corrected chi connectivity index (χ4v) is 3.43. The van der Waals surface area contributed by atoms with Gasteiger partial charge < -0.3 is 24.4 Å². The molecule has 7 heteroatoms. The quantitative estimate of drug-likeness (QED) is 0.776. The van der Waals surface area contributed by atoms with Gasteiger partial charge >= 0.3 is 0 Å². The Morgan fingerprint density at radius 3 is 2.38 bits per heavy atom. The fourth-order valence-electron chi connectivity index (χ4n) is 3.43. The number of ether oxygens (including phenoxy) is 3. The molecule has 0 saturated carbocycles. The first kappa shape index (κ1) is 20.5. The van der Waals surface area contributed by atoms with Crippen LogP contribution in [-0.2, 0) is 16.1 Å². The lowest BCUT2D eigenvalue weighted by Gasteiger charge is -2.20. The third-order valence-corrected chi connectivity index (χ3v) is 5.00. The number of nitrogens with zero attached hydrogens (tertiary/aromatic N) is 1. The smallest absolute Gasteiger partial charge is 0.227 e. The number of benzene rings is 2. The second-order valence-corrected chi connectivity index (χ2v) is 7.02. The van der Waals surface area contributed by atoms with Gasteiger partial charge in [-0.1, -0.05) is 6.07 Å². The van der Waals surface area contributed by atoms with Gasteiger partial charge in [0, 0.05) is 25.6 Å². The summed E-state index contributed by atoms with van der Waals surface area (Å²) < 4.78 is 15.9. The topological polar surface area (TPSA) is 77.1 Å². The highest BCUT2D eigenvalue weighted by molar-refractivity contribution is 6.01. The van der Waals surface area contributed by atoms with E-state index in [1.165, 1.54) is 0 Å². The van der Waals surface area contributed by atoms with Gasteiger partial charge in [0.2, 0.25) is 11.8 Å². The van der Waals surface area contributed by atoms with E-state index in [1.807, 2.05) is 37.3 Å². The van der Waals surface area contributed by atoms with Gasteiger partial charge in [-0.15, -0.1) is 0 Å². The zero-order valence-electron chi connectivity index (χ0n) is 17.2. The van der Waals surface area contributed by atoms with Gasteiger partial charge in [-0.05, 0) is 42.3 Å². The summed E-state index contributed by atoms with van der Waals surface area (Å²) in [5.74, 6) is 1.27. The molecule has 1 saturated heterocycles. The van der Waals surface area contributed by atoms with Crippen molar-refractivity contribution in [3.8, 4) is 17.2 Å². The number of hydrogen-bond donors (Lipinski definition) is 1. The van der Waals surface area contributed by atoms with Gasteiger partial charge in [0.05, 0.1) is 32.9 Å². The fraction of sp³-hybridized carbons (Fsp3) is 0.364. The zero-order valence-corrected chi connectivity index (χ0v) is 17.2. The van der Waals surface area contributed by atoms with Gasteiger partial charge in [-0.3, -0.25) is 9.59 Å². The molecule has 2 amide bonds. The van der Waals surface area contributed by atoms with Crippen molar-refractivity contribution >= 4 is 17.5 Å². The molecule has 2 aromatic rings. The van der Waals surface area contributed by atoms with Gasteiger partial charge in [-0.25, -0.2) is 0 Å². The third-order valence-electron chi connectivity index (χ3n) is 5.00. The Morgan fingerprint density at radius 1 is 1.07 bits per heavy atom. The van der Waals surface area contributed by atoms with Crippen molar-refractivity contribution in [3.63, 3.8) is 0 Å². The first-order chi connectivity index (χ1) is 13.9. The molecule has 29 heavy (non-hydrogen) atoms. The maximum absolute atomic E-state index is 12.7. The summed E-state index contributed by atoms with van der Waals surface area (Å²) in [5.41, 5.74) is 2.58. The van der Waals surface area contributed by atoms with Crippen molar-refractivity contribution in [1.29, 1.82) is 0 Å². The van der Waals surface area contributed by atoms with E-state index in [0.29, 0.717) is 36.0 Å². The summed E-state index contributed by atoms with van der Waals surface area (Å²) in [5, 5.41) is 2.92. The average molecular weight is 398 g/mol. The molecule has 1 N–H and O–H groups in total. The number of anilines is 1. The van der Waals surface area contributed by atoms with Crippen molar-refractivity contribution in [3.05, 3.63) is 47.5 Å². The molecule has 1 fully saturated rings. The lowest BCUT2D eigenvalue weighted by molar-refractivity contribution is -0.126. The molecule has 0 aliphatic carbocycles. The number of aryl methyl sites for hydroxylation is 1. The van der Waals surface area contributed by atoms with Crippen LogP contribution in [0.5, 0.6) is 17.2 Å². The molecule has 1 heterocycles. The van der Waals surface area contributed by atoms with E-state index < -0.39 is 5.92 Å². The van der Waals surface area contributed by atoms with Crippen LogP contribution >= 0.6 is 0 Å². The summed E-state index contributed by atoms with van der Waals surface area (Å²) in [6.07, 6.45) is 0.171. The van der Waals surface area contributed by atoms with E-state index in [0.717, 1.165) is 11.1 Å². The van der Waals surface area contributed by atoms with Gasteiger partial charge in [0.15, 0.2) is 0 Å². The highest BCUT2D eigenvalue weighted by atomic mass is 16.5. The summed E-state index contributed by atoms with van der Waals surface area (Å²) in [7, 11) is 4.73. The summed E-state index contributed by atoms with van der Waals surface area (Å²) >= 11 is 0. The highest BCUT2D eigenvalue weighted by Gasteiger charge is 2.36. The average Bonchev–Trinajstić information content (AvgIpc) is 3.13. The third kappa shape index (κ3) is 4.62. The van der Waals surface area contributed by atoms with Crippen LogP contribution < -0.4 is 24.4 Å². The Balaban J connectivity index is 1.68. The minimum Gasteiger partial charge on any atom is -0.497 e. The molecular formula is C22H26N2O5. The minimum absolute atomic E-state index is 0.0860. The molecule has 0 spiro atoms. The molecule has 1 aliphatic rings. The molecule has 3 rings (SSSR count). The second kappa shape index (κ2) is 8.86. The largest absolute Gasteiger partial charge is 0.497 e. The number of hydrogen-bond acceptors (Lipinski definition) is 5. The maximum Gasteiger partial charge on any atom is 0.227 e. The minimum atomic E-state index is -0.416. The van der Waals surface area contributed by atoms with Crippen LogP contribution in [0.4, 0.5) is 5.69 Å². The monoisotopic (exact) mass is 398 g/mol. The predicted molar refractivity (Wildman–Crippen MR) is 110 cm³/mol. The number of methoxy groups -OCH3 is 3. The molecule has 2 aromatic carbocycles. The molecule has 1 unspecified atom stereocenters. The van der Waals surface area contributed by atoms with Crippen LogP contribution in [0.2, 0.25) is 0 Å². The SMILES string of the molecule is COc1cc(CNC(=O)C2CC(=O)N(c3cc(C)ccc3OC)C2)cc(OC)c1. The highest BCUT2D eigenvalue weighted by Crippen LogP contribution is 2.34. The van der Waals surface area contributed by atoms with Crippen LogP contribution in [0.15, 0.2) is 36.4 Å². The van der Waals surface area contributed by atoms with Crippen molar-refractivity contribution in [2.24, 2.45) is 5.92 Å². The summed E-state index contributed by atoms with van der Waals surface area (Å²) in [6.45, 7) is 2.60. The van der Waals surface area contributed by atoms with Crippen LogP contribution in [0, 0.1) is 12.8 Å². The van der Waals surface area contributed by atoms with Crippen molar-refractivity contribution in [1.82, 2.24) is 5.32 Å². The van der Waals surface area contributed by atoms with Crippen molar-refractivity contribution in [2.45, 2.75) is 19.9 Å².